The maximum atomic E-state index is 12.3. The van der Waals surface area contributed by atoms with Gasteiger partial charge in [-0.05, 0) is 17.7 Å². The van der Waals surface area contributed by atoms with Crippen molar-refractivity contribution >= 4 is 5.91 Å². The smallest absolute Gasteiger partial charge is 0.225 e. The first-order valence-corrected chi connectivity index (χ1v) is 7.65. The molecule has 0 saturated carbocycles. The number of hydrogen-bond acceptors (Lipinski definition) is 4. The topological polar surface area (TPSA) is 73.6 Å². The summed E-state index contributed by atoms with van der Waals surface area (Å²) in [4.78, 5) is 12.3. The molecule has 0 bridgehead atoms. The Labute approximate surface area is 132 Å². The lowest BCUT2D eigenvalue weighted by Crippen LogP contribution is -2.39. The molecular formula is C17H26N2O3. The Morgan fingerprint density at radius 2 is 2.23 bits per heavy atom. The summed E-state index contributed by atoms with van der Waals surface area (Å²) >= 11 is 0. The fourth-order valence-corrected chi connectivity index (χ4v) is 2.44. The Hall–Kier alpha value is -1.59. The van der Waals surface area contributed by atoms with E-state index in [1.54, 1.807) is 7.11 Å². The molecule has 1 aromatic rings. The zero-order valence-electron chi connectivity index (χ0n) is 13.8. The third-order valence-electron chi connectivity index (χ3n) is 3.83. The molecule has 1 heterocycles. The number of ether oxygens (including phenoxy) is 2. The van der Waals surface area contributed by atoms with Crippen molar-refractivity contribution in [2.75, 3.05) is 20.3 Å². The predicted octanol–water partition coefficient (Wildman–Crippen LogP) is 2.32. The van der Waals surface area contributed by atoms with Crippen LogP contribution in [0.25, 0.3) is 0 Å². The molecule has 2 atom stereocenters. The zero-order valence-corrected chi connectivity index (χ0v) is 13.8. The van der Waals surface area contributed by atoms with Crippen LogP contribution in [0, 0.1) is 5.41 Å². The van der Waals surface area contributed by atoms with Gasteiger partial charge in [-0.25, -0.2) is 0 Å². The highest BCUT2D eigenvalue weighted by molar-refractivity contribution is 5.81. The maximum Gasteiger partial charge on any atom is 0.225 e. The molecule has 5 nitrogen and oxygen atoms in total. The van der Waals surface area contributed by atoms with Crippen molar-refractivity contribution in [3.63, 3.8) is 0 Å². The molecule has 1 aromatic carbocycles. The Morgan fingerprint density at radius 3 is 2.86 bits per heavy atom. The van der Waals surface area contributed by atoms with Crippen LogP contribution in [-0.4, -0.2) is 26.2 Å². The number of amides is 1. The Balaban J connectivity index is 2.24. The third kappa shape index (κ3) is 3.78. The van der Waals surface area contributed by atoms with Crippen LogP contribution in [0.15, 0.2) is 18.2 Å². The van der Waals surface area contributed by atoms with E-state index in [9.17, 15) is 4.79 Å². The maximum absolute atomic E-state index is 12.3. The van der Waals surface area contributed by atoms with Crippen LogP contribution in [0.1, 0.15) is 50.4 Å². The first kappa shape index (κ1) is 16.8. The summed E-state index contributed by atoms with van der Waals surface area (Å²) in [6.45, 7) is 6.79. The number of methoxy groups -OCH3 is 1. The minimum atomic E-state index is -0.414. The number of nitrogens with two attached hydrogens (primary N) is 1. The lowest BCUT2D eigenvalue weighted by molar-refractivity contribution is -0.129. The molecule has 5 heteroatoms. The van der Waals surface area contributed by atoms with Gasteiger partial charge in [-0.3, -0.25) is 4.79 Å². The molecule has 0 saturated heterocycles. The van der Waals surface area contributed by atoms with Gasteiger partial charge in [-0.2, -0.15) is 0 Å². The Morgan fingerprint density at radius 1 is 1.50 bits per heavy atom. The fourth-order valence-electron chi connectivity index (χ4n) is 2.44. The molecule has 1 amide bonds. The third-order valence-corrected chi connectivity index (χ3v) is 3.83. The van der Waals surface area contributed by atoms with Crippen molar-refractivity contribution in [3.8, 4) is 5.75 Å². The molecule has 1 aliphatic heterocycles. The Bertz CT molecular complexity index is 537. The number of benzene rings is 1. The van der Waals surface area contributed by atoms with Crippen molar-refractivity contribution < 1.29 is 14.3 Å². The molecule has 22 heavy (non-hydrogen) atoms. The van der Waals surface area contributed by atoms with E-state index in [4.69, 9.17) is 15.2 Å². The van der Waals surface area contributed by atoms with Crippen molar-refractivity contribution in [1.82, 2.24) is 5.32 Å². The van der Waals surface area contributed by atoms with Gasteiger partial charge in [-0.15, -0.1) is 0 Å². The average Bonchev–Trinajstić information content (AvgIpc) is 2.46. The van der Waals surface area contributed by atoms with E-state index in [1.807, 2.05) is 39.0 Å². The number of carbonyl (C=O) groups is 1. The normalized spacial score (nSPS) is 19.0. The number of hydrogen-bond donors (Lipinski definition) is 2. The monoisotopic (exact) mass is 306 g/mol. The van der Waals surface area contributed by atoms with E-state index in [-0.39, 0.29) is 18.0 Å². The molecule has 1 aliphatic rings. The number of carbonyl (C=O) groups excluding carboxylic acids is 1. The number of fused-ring (bicyclic) bond motifs is 1. The van der Waals surface area contributed by atoms with Crippen molar-refractivity contribution in [1.29, 1.82) is 0 Å². The lowest BCUT2D eigenvalue weighted by atomic mass is 9.92. The van der Waals surface area contributed by atoms with Crippen LogP contribution in [0.2, 0.25) is 0 Å². The second-order valence-electron chi connectivity index (χ2n) is 6.77. The molecule has 0 aliphatic carbocycles. The minimum absolute atomic E-state index is 0.0369. The first-order valence-electron chi connectivity index (χ1n) is 7.65. The van der Waals surface area contributed by atoms with E-state index in [0.29, 0.717) is 13.2 Å². The first-order chi connectivity index (χ1) is 10.3. The van der Waals surface area contributed by atoms with Crippen LogP contribution in [0.5, 0.6) is 5.75 Å². The predicted molar refractivity (Wildman–Crippen MR) is 85.7 cm³/mol. The van der Waals surface area contributed by atoms with E-state index in [0.717, 1.165) is 23.3 Å². The van der Waals surface area contributed by atoms with Gasteiger partial charge in [-0.1, -0.05) is 26.8 Å². The van der Waals surface area contributed by atoms with E-state index in [2.05, 4.69) is 5.32 Å². The van der Waals surface area contributed by atoms with E-state index < -0.39 is 5.41 Å². The van der Waals surface area contributed by atoms with Crippen molar-refractivity contribution in [2.24, 2.45) is 11.1 Å². The fraction of sp³-hybridized carbons (Fsp3) is 0.588. The largest absolute Gasteiger partial charge is 0.493 e. The van der Waals surface area contributed by atoms with Crippen LogP contribution in [0.4, 0.5) is 0 Å². The van der Waals surface area contributed by atoms with Gasteiger partial charge in [0.05, 0.1) is 25.3 Å². The summed E-state index contributed by atoms with van der Waals surface area (Å²) in [7, 11) is 1.63. The number of nitrogens with one attached hydrogen (secondary N) is 1. The minimum Gasteiger partial charge on any atom is -0.493 e. The summed E-state index contributed by atoms with van der Waals surface area (Å²) in [5.41, 5.74) is 7.67. The second-order valence-corrected chi connectivity index (χ2v) is 6.77. The highest BCUT2D eigenvalue weighted by Crippen LogP contribution is 2.34. The molecule has 2 rings (SSSR count). The summed E-state index contributed by atoms with van der Waals surface area (Å²) < 4.78 is 10.8. The summed E-state index contributed by atoms with van der Waals surface area (Å²) in [5.74, 6) is 0.857. The van der Waals surface area contributed by atoms with Crippen molar-refractivity contribution in [2.45, 2.75) is 39.3 Å². The van der Waals surface area contributed by atoms with Crippen molar-refractivity contribution in [3.05, 3.63) is 29.3 Å². The van der Waals surface area contributed by atoms with E-state index in [1.165, 1.54) is 0 Å². The molecule has 122 valence electrons. The molecule has 0 fully saturated rings. The second kappa shape index (κ2) is 6.67. The molecular weight excluding hydrogens is 280 g/mol. The summed E-state index contributed by atoms with van der Waals surface area (Å²) in [6, 6.07) is 5.68. The van der Waals surface area contributed by atoms with Gasteiger partial charge in [0.25, 0.3) is 0 Å². The van der Waals surface area contributed by atoms with Crippen LogP contribution >= 0.6 is 0 Å². The van der Waals surface area contributed by atoms with Gasteiger partial charge in [0, 0.05) is 24.5 Å². The molecule has 2 unspecified atom stereocenters. The highest BCUT2D eigenvalue weighted by atomic mass is 16.5. The molecule has 0 spiro atoms. The molecule has 0 radical (unpaired) electrons. The Kier molecular flexibility index (Phi) is 5.08. The van der Waals surface area contributed by atoms with Gasteiger partial charge >= 0.3 is 0 Å². The standard InChI is InChI=1S/C17H26N2O3/c1-17(2,3)16(20)19-14-7-8-22-15-6-5-11(9-12(14)15)13(18)10-21-4/h5-6,9,13-14H,7-8,10,18H2,1-4H3,(H,19,20). The number of rotatable bonds is 4. The summed E-state index contributed by atoms with van der Waals surface area (Å²) in [5, 5.41) is 3.12. The molecule has 0 aromatic heterocycles. The molecule has 3 N–H and O–H groups in total. The lowest BCUT2D eigenvalue weighted by Gasteiger charge is -2.30. The average molecular weight is 306 g/mol. The quantitative estimate of drug-likeness (QED) is 0.895. The van der Waals surface area contributed by atoms with Crippen LogP contribution in [-0.2, 0) is 9.53 Å². The van der Waals surface area contributed by atoms with E-state index >= 15 is 0 Å². The van der Waals surface area contributed by atoms with Crippen LogP contribution < -0.4 is 15.8 Å². The SMILES string of the molecule is COCC(N)c1ccc2c(c1)C(NC(=O)C(C)(C)C)CCO2. The van der Waals surface area contributed by atoms with Gasteiger partial charge in [0.15, 0.2) is 0 Å². The summed E-state index contributed by atoms with van der Waals surface area (Å²) in [6.07, 6.45) is 0.762. The van der Waals surface area contributed by atoms with Crippen LogP contribution in [0.3, 0.4) is 0 Å². The van der Waals surface area contributed by atoms with Gasteiger partial charge in [0.2, 0.25) is 5.91 Å². The highest BCUT2D eigenvalue weighted by Gasteiger charge is 2.28. The van der Waals surface area contributed by atoms with Gasteiger partial charge < -0.3 is 20.5 Å². The van der Waals surface area contributed by atoms with Gasteiger partial charge in [0.1, 0.15) is 5.75 Å². The zero-order chi connectivity index (χ0) is 16.3.